The number of hydrogen-bond acceptors (Lipinski definition) is 1. The van der Waals surface area contributed by atoms with Gasteiger partial charge >= 0.3 is 0 Å². The fourth-order valence-corrected chi connectivity index (χ4v) is 4.33. The predicted octanol–water partition coefficient (Wildman–Crippen LogP) is 5.09. The maximum Gasteiger partial charge on any atom is 0.0100 e. The van der Waals surface area contributed by atoms with Crippen molar-refractivity contribution in [2.75, 3.05) is 18.4 Å². The van der Waals surface area contributed by atoms with E-state index in [1.165, 1.54) is 56.9 Å². The van der Waals surface area contributed by atoms with E-state index in [-0.39, 0.29) is 0 Å². The van der Waals surface area contributed by atoms with Crippen molar-refractivity contribution < 1.29 is 0 Å². The zero-order valence-electron chi connectivity index (χ0n) is 12.8. The second kappa shape index (κ2) is 7.89. The number of rotatable bonds is 7. The van der Waals surface area contributed by atoms with E-state index in [0.717, 1.165) is 12.0 Å². The van der Waals surface area contributed by atoms with Gasteiger partial charge in [-0.1, -0.05) is 49.5 Å². The summed E-state index contributed by atoms with van der Waals surface area (Å²) >= 11 is 3.81. The van der Waals surface area contributed by atoms with Gasteiger partial charge in [0.2, 0.25) is 0 Å². The standard InChI is InChI=1S/C16H32BrN/c1-5-9-16(12-17,10-6-2)13-18-11-7-8-14(3)15(18)4/h14-15H,5-13H2,1-4H3. The van der Waals surface area contributed by atoms with Crippen LogP contribution in [0.4, 0.5) is 0 Å². The second-order valence-electron chi connectivity index (χ2n) is 6.46. The highest BCUT2D eigenvalue weighted by molar-refractivity contribution is 9.09. The lowest BCUT2D eigenvalue weighted by Gasteiger charge is -2.44. The molecule has 0 radical (unpaired) electrons. The molecule has 1 aliphatic heterocycles. The summed E-state index contributed by atoms with van der Waals surface area (Å²) < 4.78 is 0. The van der Waals surface area contributed by atoms with Crippen LogP contribution < -0.4 is 0 Å². The van der Waals surface area contributed by atoms with Crippen LogP contribution in [0.1, 0.15) is 66.2 Å². The second-order valence-corrected chi connectivity index (χ2v) is 7.02. The molecule has 0 saturated carbocycles. The van der Waals surface area contributed by atoms with Crippen molar-refractivity contribution in [3.8, 4) is 0 Å². The molecule has 0 bridgehead atoms. The summed E-state index contributed by atoms with van der Waals surface area (Å²) in [6, 6.07) is 0.769. The van der Waals surface area contributed by atoms with Gasteiger partial charge in [0.05, 0.1) is 0 Å². The minimum atomic E-state index is 0.509. The molecule has 108 valence electrons. The van der Waals surface area contributed by atoms with Gasteiger partial charge in [0, 0.05) is 17.9 Å². The molecule has 1 heterocycles. The van der Waals surface area contributed by atoms with Crippen LogP contribution in [0.15, 0.2) is 0 Å². The van der Waals surface area contributed by atoms with Crippen LogP contribution in [0.3, 0.4) is 0 Å². The van der Waals surface area contributed by atoms with E-state index in [0.29, 0.717) is 5.41 Å². The van der Waals surface area contributed by atoms with Gasteiger partial charge in [-0.25, -0.2) is 0 Å². The monoisotopic (exact) mass is 317 g/mol. The van der Waals surface area contributed by atoms with Gasteiger partial charge < -0.3 is 0 Å². The first kappa shape index (κ1) is 16.5. The average Bonchev–Trinajstić information content (AvgIpc) is 2.35. The Labute approximate surface area is 123 Å². The lowest BCUT2D eigenvalue weighted by atomic mass is 9.79. The summed E-state index contributed by atoms with van der Waals surface area (Å²) in [6.07, 6.45) is 8.16. The molecule has 1 rings (SSSR count). The molecule has 2 unspecified atom stereocenters. The first-order valence-corrected chi connectivity index (χ1v) is 9.00. The normalized spacial score (nSPS) is 26.5. The molecule has 0 aromatic heterocycles. The van der Waals surface area contributed by atoms with Crippen molar-refractivity contribution in [2.45, 2.75) is 72.3 Å². The molecular formula is C16H32BrN. The highest BCUT2D eigenvalue weighted by atomic mass is 79.9. The molecule has 1 fully saturated rings. The van der Waals surface area contributed by atoms with Gasteiger partial charge in [-0.05, 0) is 50.5 Å². The predicted molar refractivity (Wildman–Crippen MR) is 85.5 cm³/mol. The zero-order chi connectivity index (χ0) is 13.6. The third-order valence-electron chi connectivity index (χ3n) is 4.89. The lowest BCUT2D eigenvalue weighted by Crippen LogP contribution is -2.48. The summed E-state index contributed by atoms with van der Waals surface area (Å²) in [5.74, 6) is 0.870. The summed E-state index contributed by atoms with van der Waals surface area (Å²) in [7, 11) is 0. The van der Waals surface area contributed by atoms with Gasteiger partial charge in [-0.15, -0.1) is 0 Å². The molecule has 1 aliphatic rings. The lowest BCUT2D eigenvalue weighted by molar-refractivity contribution is 0.0601. The van der Waals surface area contributed by atoms with E-state index in [1.54, 1.807) is 0 Å². The molecule has 2 atom stereocenters. The third kappa shape index (κ3) is 4.23. The number of halogens is 1. The molecule has 0 aliphatic carbocycles. The number of alkyl halides is 1. The Kier molecular flexibility index (Phi) is 7.23. The van der Waals surface area contributed by atoms with Crippen molar-refractivity contribution in [3.05, 3.63) is 0 Å². The van der Waals surface area contributed by atoms with Crippen LogP contribution in [0, 0.1) is 11.3 Å². The Hall–Kier alpha value is 0.440. The molecule has 1 nitrogen and oxygen atoms in total. The SMILES string of the molecule is CCCC(CBr)(CCC)CN1CCCC(C)C1C. The maximum atomic E-state index is 3.81. The Morgan fingerprint density at radius 1 is 1.17 bits per heavy atom. The highest BCUT2D eigenvalue weighted by Gasteiger charge is 2.33. The van der Waals surface area contributed by atoms with Crippen LogP contribution >= 0.6 is 15.9 Å². The average molecular weight is 318 g/mol. The topological polar surface area (TPSA) is 3.24 Å². The van der Waals surface area contributed by atoms with Crippen molar-refractivity contribution in [1.29, 1.82) is 0 Å². The minimum absolute atomic E-state index is 0.509. The van der Waals surface area contributed by atoms with Gasteiger partial charge in [0.1, 0.15) is 0 Å². The Morgan fingerprint density at radius 2 is 1.78 bits per heavy atom. The van der Waals surface area contributed by atoms with E-state index < -0.39 is 0 Å². The van der Waals surface area contributed by atoms with E-state index in [4.69, 9.17) is 0 Å². The van der Waals surface area contributed by atoms with Gasteiger partial charge in [0.15, 0.2) is 0 Å². The van der Waals surface area contributed by atoms with E-state index >= 15 is 0 Å². The van der Waals surface area contributed by atoms with Crippen molar-refractivity contribution in [2.24, 2.45) is 11.3 Å². The largest absolute Gasteiger partial charge is 0.300 e. The Balaban J connectivity index is 2.68. The number of hydrogen-bond donors (Lipinski definition) is 0. The summed E-state index contributed by atoms with van der Waals surface area (Å²) in [4.78, 5) is 2.76. The first-order valence-electron chi connectivity index (χ1n) is 7.88. The van der Waals surface area contributed by atoms with Gasteiger partial charge in [0.25, 0.3) is 0 Å². The number of piperidine rings is 1. The molecule has 0 spiro atoms. The van der Waals surface area contributed by atoms with Gasteiger partial charge in [-0.3, -0.25) is 4.90 Å². The Bertz CT molecular complexity index is 223. The fourth-order valence-electron chi connectivity index (χ4n) is 3.59. The van der Waals surface area contributed by atoms with Crippen LogP contribution in [0.5, 0.6) is 0 Å². The molecule has 0 aromatic carbocycles. The summed E-state index contributed by atoms with van der Waals surface area (Å²) in [5.41, 5.74) is 0.509. The summed E-state index contributed by atoms with van der Waals surface area (Å²) in [6.45, 7) is 12.1. The van der Waals surface area contributed by atoms with Crippen LogP contribution in [-0.2, 0) is 0 Å². The highest BCUT2D eigenvalue weighted by Crippen LogP contribution is 2.35. The fraction of sp³-hybridized carbons (Fsp3) is 1.00. The third-order valence-corrected chi connectivity index (χ3v) is 6.08. The maximum absolute atomic E-state index is 3.81. The molecule has 0 aromatic rings. The smallest absolute Gasteiger partial charge is 0.0100 e. The van der Waals surface area contributed by atoms with Crippen molar-refractivity contribution in [1.82, 2.24) is 4.90 Å². The van der Waals surface area contributed by atoms with Crippen LogP contribution in [-0.4, -0.2) is 29.4 Å². The molecular weight excluding hydrogens is 286 g/mol. The van der Waals surface area contributed by atoms with E-state index in [9.17, 15) is 0 Å². The minimum Gasteiger partial charge on any atom is -0.300 e. The molecule has 0 N–H and O–H groups in total. The van der Waals surface area contributed by atoms with Crippen molar-refractivity contribution in [3.63, 3.8) is 0 Å². The molecule has 0 amide bonds. The van der Waals surface area contributed by atoms with Crippen LogP contribution in [0.25, 0.3) is 0 Å². The molecule has 1 saturated heterocycles. The first-order chi connectivity index (χ1) is 8.58. The number of likely N-dealkylation sites (tertiary alicyclic amines) is 1. The van der Waals surface area contributed by atoms with Crippen molar-refractivity contribution >= 4 is 15.9 Å². The van der Waals surface area contributed by atoms with Crippen LogP contribution in [0.2, 0.25) is 0 Å². The Morgan fingerprint density at radius 3 is 2.28 bits per heavy atom. The zero-order valence-corrected chi connectivity index (χ0v) is 14.4. The molecule has 18 heavy (non-hydrogen) atoms. The number of nitrogens with zero attached hydrogens (tertiary/aromatic N) is 1. The van der Waals surface area contributed by atoms with E-state index in [2.05, 4.69) is 48.5 Å². The summed E-state index contributed by atoms with van der Waals surface area (Å²) in [5, 5.41) is 1.17. The van der Waals surface area contributed by atoms with Gasteiger partial charge in [-0.2, -0.15) is 0 Å². The van der Waals surface area contributed by atoms with E-state index in [1.807, 2.05) is 0 Å². The quantitative estimate of drug-likeness (QED) is 0.591. The molecule has 2 heteroatoms.